The first kappa shape index (κ1) is 21.7. The van der Waals surface area contributed by atoms with E-state index in [1.807, 2.05) is 0 Å². The van der Waals surface area contributed by atoms with Gasteiger partial charge in [-0.05, 0) is 47.4 Å². The number of thiophene rings is 1. The van der Waals surface area contributed by atoms with E-state index < -0.39 is 5.91 Å². The van der Waals surface area contributed by atoms with Crippen LogP contribution < -0.4 is 16.4 Å². The lowest BCUT2D eigenvalue weighted by atomic mass is 10.0. The molecule has 0 unspecified atom stereocenters. The number of amides is 1. The number of primary amides is 1. The Morgan fingerprint density at radius 2 is 2.15 bits per heavy atom. The van der Waals surface area contributed by atoms with Crippen molar-refractivity contribution in [3.8, 4) is 0 Å². The first-order chi connectivity index (χ1) is 12.6. The van der Waals surface area contributed by atoms with Crippen molar-refractivity contribution >= 4 is 47.2 Å². The lowest BCUT2D eigenvalue weighted by molar-refractivity contribution is 0.0972. The second-order valence-corrected chi connectivity index (χ2v) is 7.16. The number of hydrogen-bond donors (Lipinski definition) is 3. The molecule has 2 aromatic heterocycles. The second kappa shape index (κ2) is 10.7. The topological polar surface area (TPSA) is 95.9 Å². The van der Waals surface area contributed by atoms with Crippen molar-refractivity contribution in [3.63, 3.8) is 0 Å². The van der Waals surface area contributed by atoms with Crippen LogP contribution in [0.2, 0.25) is 0 Å². The molecule has 2 aromatic rings. The monoisotopic (exact) mass is 503 g/mol. The molecule has 0 saturated carbocycles. The number of guanidine groups is 1. The number of aliphatic imine (C=N–C) groups is 1. The van der Waals surface area contributed by atoms with Crippen molar-refractivity contribution in [2.75, 3.05) is 20.1 Å². The van der Waals surface area contributed by atoms with Crippen LogP contribution >= 0.6 is 35.3 Å². The Morgan fingerprint density at radius 3 is 2.74 bits per heavy atom. The lowest BCUT2D eigenvalue weighted by Gasteiger charge is -2.32. The minimum Gasteiger partial charge on any atom is -0.454 e. The zero-order chi connectivity index (χ0) is 18.4. The van der Waals surface area contributed by atoms with E-state index in [4.69, 9.17) is 10.2 Å². The average molecular weight is 503 g/mol. The summed E-state index contributed by atoms with van der Waals surface area (Å²) >= 11 is 1.75. The maximum absolute atomic E-state index is 11.1. The number of rotatable bonds is 6. The number of furan rings is 1. The summed E-state index contributed by atoms with van der Waals surface area (Å²) in [6.07, 6.45) is 2.16. The summed E-state index contributed by atoms with van der Waals surface area (Å²) in [5, 5.41) is 11.0. The summed E-state index contributed by atoms with van der Waals surface area (Å²) in [7, 11) is 1.75. The molecule has 0 atom stereocenters. The zero-order valence-corrected chi connectivity index (χ0v) is 18.5. The molecule has 1 fully saturated rings. The molecular formula is C18H26IN5O2S. The molecule has 1 aliphatic rings. The highest BCUT2D eigenvalue weighted by Gasteiger charge is 2.20. The molecule has 1 amide bonds. The van der Waals surface area contributed by atoms with Crippen LogP contribution in [0.1, 0.15) is 34.7 Å². The lowest BCUT2D eigenvalue weighted by Crippen LogP contribution is -2.48. The van der Waals surface area contributed by atoms with Crippen molar-refractivity contribution in [1.82, 2.24) is 15.5 Å². The third-order valence-corrected chi connectivity index (χ3v) is 5.20. The third kappa shape index (κ3) is 6.51. The maximum Gasteiger partial charge on any atom is 0.284 e. The van der Waals surface area contributed by atoms with Crippen molar-refractivity contribution in [2.45, 2.75) is 32.0 Å². The SMILES string of the molecule is CN=C(NCc1ccc(C(N)=O)o1)NC1CCN(Cc2ccsc2)CC1.I. The fraction of sp³-hybridized carbons (Fsp3) is 0.444. The van der Waals surface area contributed by atoms with Gasteiger partial charge in [0.05, 0.1) is 6.54 Å². The number of nitrogens with two attached hydrogens (primary N) is 1. The number of hydrogen-bond acceptors (Lipinski definition) is 5. The number of carbonyl (C=O) groups is 1. The number of nitrogens with one attached hydrogen (secondary N) is 2. The quantitative estimate of drug-likeness (QED) is 0.320. The first-order valence-corrected chi connectivity index (χ1v) is 9.67. The summed E-state index contributed by atoms with van der Waals surface area (Å²) in [5.41, 5.74) is 6.59. The molecule has 27 heavy (non-hydrogen) atoms. The standard InChI is InChI=1S/C18H25N5O2S.HI/c1-20-18(21-10-15-2-3-16(25-15)17(19)24)22-14-4-7-23(8-5-14)11-13-6-9-26-12-13;/h2-3,6,9,12,14H,4-5,7-8,10-11H2,1H3,(H2,19,24)(H2,20,21,22);1H. The molecule has 1 aliphatic heterocycles. The maximum atomic E-state index is 11.1. The zero-order valence-electron chi connectivity index (χ0n) is 15.3. The van der Waals surface area contributed by atoms with Gasteiger partial charge in [0.2, 0.25) is 0 Å². The van der Waals surface area contributed by atoms with Crippen molar-refractivity contribution in [2.24, 2.45) is 10.7 Å². The number of carbonyl (C=O) groups excluding carboxylic acids is 1. The van der Waals surface area contributed by atoms with Crippen LogP contribution in [-0.4, -0.2) is 42.9 Å². The van der Waals surface area contributed by atoms with Crippen LogP contribution in [0.15, 0.2) is 38.4 Å². The Morgan fingerprint density at radius 1 is 1.37 bits per heavy atom. The van der Waals surface area contributed by atoms with Crippen LogP contribution in [-0.2, 0) is 13.1 Å². The normalized spacial score (nSPS) is 16.0. The molecule has 0 aromatic carbocycles. The molecular weight excluding hydrogens is 477 g/mol. The van der Waals surface area contributed by atoms with Gasteiger partial charge in [-0.3, -0.25) is 14.7 Å². The summed E-state index contributed by atoms with van der Waals surface area (Å²) in [5.74, 6) is 0.987. The van der Waals surface area contributed by atoms with Gasteiger partial charge in [0.1, 0.15) is 5.76 Å². The summed E-state index contributed by atoms with van der Waals surface area (Å²) in [6.45, 7) is 3.63. The van der Waals surface area contributed by atoms with Crippen molar-refractivity contribution in [3.05, 3.63) is 46.0 Å². The van der Waals surface area contributed by atoms with Crippen LogP contribution in [0.4, 0.5) is 0 Å². The smallest absolute Gasteiger partial charge is 0.284 e. The largest absolute Gasteiger partial charge is 0.454 e. The summed E-state index contributed by atoms with van der Waals surface area (Å²) < 4.78 is 5.37. The molecule has 0 spiro atoms. The highest BCUT2D eigenvalue weighted by molar-refractivity contribution is 14.0. The van der Waals surface area contributed by atoms with E-state index in [2.05, 4.69) is 37.4 Å². The van der Waals surface area contributed by atoms with Crippen molar-refractivity contribution in [1.29, 1.82) is 0 Å². The van der Waals surface area contributed by atoms with E-state index >= 15 is 0 Å². The number of likely N-dealkylation sites (tertiary alicyclic amines) is 1. The van der Waals surface area contributed by atoms with E-state index in [0.29, 0.717) is 18.3 Å². The fourth-order valence-electron chi connectivity index (χ4n) is 3.04. The van der Waals surface area contributed by atoms with Gasteiger partial charge in [0, 0.05) is 32.7 Å². The van der Waals surface area contributed by atoms with E-state index in [9.17, 15) is 4.79 Å². The van der Waals surface area contributed by atoms with Gasteiger partial charge in [-0.2, -0.15) is 11.3 Å². The number of nitrogens with zero attached hydrogens (tertiary/aromatic N) is 2. The number of piperidine rings is 1. The Kier molecular flexibility index (Phi) is 8.58. The van der Waals surface area contributed by atoms with Gasteiger partial charge >= 0.3 is 0 Å². The molecule has 3 heterocycles. The third-order valence-electron chi connectivity index (χ3n) is 4.47. The van der Waals surface area contributed by atoms with Gasteiger partial charge in [-0.25, -0.2) is 0 Å². The minimum absolute atomic E-state index is 0. The molecule has 0 aliphatic carbocycles. The van der Waals surface area contributed by atoms with Crippen LogP contribution in [0.25, 0.3) is 0 Å². The molecule has 1 saturated heterocycles. The van der Waals surface area contributed by atoms with Crippen LogP contribution in [0.5, 0.6) is 0 Å². The average Bonchev–Trinajstić information content (AvgIpc) is 3.32. The highest BCUT2D eigenvalue weighted by Crippen LogP contribution is 2.15. The molecule has 4 N–H and O–H groups in total. The Labute approximate surface area is 180 Å². The highest BCUT2D eigenvalue weighted by atomic mass is 127. The van der Waals surface area contributed by atoms with E-state index in [1.165, 1.54) is 5.56 Å². The summed E-state index contributed by atoms with van der Waals surface area (Å²) in [6, 6.07) is 5.92. The Bertz CT molecular complexity index is 739. The summed E-state index contributed by atoms with van der Waals surface area (Å²) in [4.78, 5) is 17.8. The van der Waals surface area contributed by atoms with Gasteiger partial charge in [-0.15, -0.1) is 24.0 Å². The molecule has 0 bridgehead atoms. The predicted molar refractivity (Wildman–Crippen MR) is 119 cm³/mol. The predicted octanol–water partition coefficient (Wildman–Crippen LogP) is 2.39. The molecule has 3 rings (SSSR count). The Hall–Kier alpha value is -1.59. The van der Waals surface area contributed by atoms with E-state index in [1.54, 1.807) is 30.5 Å². The van der Waals surface area contributed by atoms with Crippen LogP contribution in [0.3, 0.4) is 0 Å². The van der Waals surface area contributed by atoms with Gasteiger partial charge in [0.25, 0.3) is 5.91 Å². The molecule has 0 radical (unpaired) electrons. The van der Waals surface area contributed by atoms with Gasteiger partial charge in [-0.1, -0.05) is 0 Å². The molecule has 148 valence electrons. The van der Waals surface area contributed by atoms with Gasteiger partial charge < -0.3 is 20.8 Å². The Balaban J connectivity index is 0.00000261. The number of halogens is 1. The van der Waals surface area contributed by atoms with E-state index in [-0.39, 0.29) is 29.7 Å². The van der Waals surface area contributed by atoms with Crippen molar-refractivity contribution < 1.29 is 9.21 Å². The fourth-order valence-corrected chi connectivity index (χ4v) is 3.70. The minimum atomic E-state index is -0.562. The van der Waals surface area contributed by atoms with E-state index in [0.717, 1.165) is 38.4 Å². The molecule has 9 heteroatoms. The van der Waals surface area contributed by atoms with Crippen LogP contribution in [0, 0.1) is 0 Å². The first-order valence-electron chi connectivity index (χ1n) is 8.73. The second-order valence-electron chi connectivity index (χ2n) is 6.38. The molecule has 7 nitrogen and oxygen atoms in total. The van der Waals surface area contributed by atoms with Gasteiger partial charge in [0.15, 0.2) is 11.7 Å².